The van der Waals surface area contributed by atoms with Crippen molar-refractivity contribution in [3.8, 4) is 0 Å². The van der Waals surface area contributed by atoms with Gasteiger partial charge in [0.15, 0.2) is 0 Å². The van der Waals surface area contributed by atoms with Gasteiger partial charge in [-0.3, -0.25) is 0 Å². The van der Waals surface area contributed by atoms with E-state index in [1.807, 2.05) is 11.8 Å². The van der Waals surface area contributed by atoms with Gasteiger partial charge in [-0.05, 0) is 31.9 Å². The third-order valence-corrected chi connectivity index (χ3v) is 3.40. The Morgan fingerprint density at radius 3 is 2.58 bits per heavy atom. The maximum Gasteiger partial charge on any atom is 0.0673 e. The Morgan fingerprint density at radius 2 is 2.17 bits per heavy atom. The summed E-state index contributed by atoms with van der Waals surface area (Å²) < 4.78 is 5.88. The lowest BCUT2D eigenvalue weighted by Crippen LogP contribution is -2.21. The molecule has 1 aliphatic rings. The van der Waals surface area contributed by atoms with Crippen LogP contribution in [0.2, 0.25) is 0 Å². The van der Waals surface area contributed by atoms with Crippen molar-refractivity contribution in [3.05, 3.63) is 0 Å². The molecule has 1 nitrogen and oxygen atoms in total. The lowest BCUT2D eigenvalue weighted by molar-refractivity contribution is -0.00469. The molecule has 1 unspecified atom stereocenters. The number of hydrogen-bond acceptors (Lipinski definition) is 2. The Labute approximate surface area is 80.3 Å². The molecule has 0 aromatic carbocycles. The molecule has 1 atom stereocenters. The Balaban J connectivity index is 2.20. The Kier molecular flexibility index (Phi) is 3.47. The molecule has 1 aliphatic heterocycles. The predicted octanol–water partition coefficient (Wildman–Crippen LogP) is 3.09. The van der Waals surface area contributed by atoms with Crippen molar-refractivity contribution < 1.29 is 4.74 Å². The molecule has 2 heteroatoms. The van der Waals surface area contributed by atoms with Crippen molar-refractivity contribution in [1.82, 2.24) is 0 Å². The second-order valence-corrected chi connectivity index (χ2v) is 6.03. The van der Waals surface area contributed by atoms with Gasteiger partial charge in [-0.25, -0.2) is 0 Å². The summed E-state index contributed by atoms with van der Waals surface area (Å²) in [5, 5.41) is 0.734. The van der Waals surface area contributed by atoms with Crippen LogP contribution in [-0.4, -0.2) is 22.7 Å². The van der Waals surface area contributed by atoms with Gasteiger partial charge >= 0.3 is 0 Å². The van der Waals surface area contributed by atoms with E-state index in [1.54, 1.807) is 0 Å². The minimum absolute atomic E-state index is 0.141. The molecule has 0 aromatic heterocycles. The van der Waals surface area contributed by atoms with Gasteiger partial charge in [-0.2, -0.15) is 11.8 Å². The molecule has 0 aromatic rings. The van der Waals surface area contributed by atoms with Gasteiger partial charge in [-0.1, -0.05) is 13.8 Å². The average Bonchev–Trinajstić information content (AvgIpc) is 2.26. The summed E-state index contributed by atoms with van der Waals surface area (Å²) in [5.74, 6) is 1.17. The minimum atomic E-state index is 0.141. The van der Waals surface area contributed by atoms with Gasteiger partial charge < -0.3 is 4.74 Å². The van der Waals surface area contributed by atoms with E-state index >= 15 is 0 Å². The molecule has 0 aliphatic carbocycles. The highest BCUT2D eigenvalue weighted by Gasteiger charge is 2.31. The third-order valence-electron chi connectivity index (χ3n) is 2.17. The van der Waals surface area contributed by atoms with Crippen LogP contribution in [0.5, 0.6) is 0 Å². The van der Waals surface area contributed by atoms with Crippen molar-refractivity contribution in [2.24, 2.45) is 0 Å². The van der Waals surface area contributed by atoms with Crippen LogP contribution >= 0.6 is 11.8 Å². The maximum absolute atomic E-state index is 5.88. The van der Waals surface area contributed by atoms with Crippen molar-refractivity contribution in [3.63, 3.8) is 0 Å². The molecular weight excluding hydrogens is 168 g/mol. The van der Waals surface area contributed by atoms with E-state index in [0.29, 0.717) is 6.10 Å². The standard InChI is InChI=1S/C10H20OS/c1-8(2)12-7-9-5-6-10(3,4)11-9/h8-9H,5-7H2,1-4H3. The van der Waals surface area contributed by atoms with Gasteiger partial charge in [0.05, 0.1) is 11.7 Å². The van der Waals surface area contributed by atoms with E-state index in [4.69, 9.17) is 4.74 Å². The lowest BCUT2D eigenvalue weighted by Gasteiger charge is -2.19. The summed E-state index contributed by atoms with van der Waals surface area (Å²) in [6.45, 7) is 8.86. The van der Waals surface area contributed by atoms with E-state index in [0.717, 1.165) is 5.25 Å². The Bertz CT molecular complexity index is 143. The van der Waals surface area contributed by atoms with Gasteiger partial charge in [0, 0.05) is 5.75 Å². The monoisotopic (exact) mass is 188 g/mol. The zero-order valence-corrected chi connectivity index (χ0v) is 9.41. The average molecular weight is 188 g/mol. The molecule has 0 N–H and O–H groups in total. The zero-order chi connectivity index (χ0) is 9.19. The molecule has 0 saturated carbocycles. The van der Waals surface area contributed by atoms with Crippen molar-refractivity contribution in [1.29, 1.82) is 0 Å². The largest absolute Gasteiger partial charge is 0.371 e. The van der Waals surface area contributed by atoms with Crippen LogP contribution in [0, 0.1) is 0 Å². The first-order valence-electron chi connectivity index (χ1n) is 4.79. The number of thioether (sulfide) groups is 1. The van der Waals surface area contributed by atoms with Crippen molar-refractivity contribution in [2.45, 2.75) is 57.5 Å². The highest BCUT2D eigenvalue weighted by molar-refractivity contribution is 7.99. The van der Waals surface area contributed by atoms with Crippen LogP contribution in [0.1, 0.15) is 40.5 Å². The van der Waals surface area contributed by atoms with Crippen molar-refractivity contribution >= 4 is 11.8 Å². The van der Waals surface area contributed by atoms with Crippen LogP contribution in [0.15, 0.2) is 0 Å². The van der Waals surface area contributed by atoms with Crippen LogP contribution in [0.3, 0.4) is 0 Å². The summed E-state index contributed by atoms with van der Waals surface area (Å²) >= 11 is 2.00. The second-order valence-electron chi connectivity index (χ2n) is 4.42. The van der Waals surface area contributed by atoms with Gasteiger partial charge in [0.1, 0.15) is 0 Å². The highest BCUT2D eigenvalue weighted by Crippen LogP contribution is 2.31. The molecule has 0 radical (unpaired) electrons. The molecule has 1 heterocycles. The molecule has 0 amide bonds. The van der Waals surface area contributed by atoms with E-state index in [2.05, 4.69) is 27.7 Å². The Morgan fingerprint density at radius 1 is 1.50 bits per heavy atom. The Hall–Kier alpha value is 0.310. The molecule has 1 fully saturated rings. The van der Waals surface area contributed by atoms with Gasteiger partial charge in [0.25, 0.3) is 0 Å². The molecule has 1 rings (SSSR count). The fourth-order valence-corrected chi connectivity index (χ4v) is 2.33. The zero-order valence-electron chi connectivity index (χ0n) is 8.59. The van der Waals surface area contributed by atoms with Crippen LogP contribution in [-0.2, 0) is 4.74 Å². The van der Waals surface area contributed by atoms with E-state index in [-0.39, 0.29) is 5.60 Å². The molecule has 0 spiro atoms. The van der Waals surface area contributed by atoms with Crippen molar-refractivity contribution in [2.75, 3.05) is 5.75 Å². The lowest BCUT2D eigenvalue weighted by atomic mass is 10.1. The molecule has 0 bridgehead atoms. The highest BCUT2D eigenvalue weighted by atomic mass is 32.2. The number of hydrogen-bond donors (Lipinski definition) is 0. The first-order valence-corrected chi connectivity index (χ1v) is 5.84. The van der Waals surface area contributed by atoms with Gasteiger partial charge in [-0.15, -0.1) is 0 Å². The predicted molar refractivity (Wildman–Crippen MR) is 55.8 cm³/mol. The molecule has 1 saturated heterocycles. The summed E-state index contributed by atoms with van der Waals surface area (Å²) in [6.07, 6.45) is 2.97. The molecule has 72 valence electrons. The quantitative estimate of drug-likeness (QED) is 0.673. The summed E-state index contributed by atoms with van der Waals surface area (Å²) in [5.41, 5.74) is 0.141. The normalized spacial score (nSPS) is 28.2. The van der Waals surface area contributed by atoms with Gasteiger partial charge in [0.2, 0.25) is 0 Å². The van der Waals surface area contributed by atoms with Crippen LogP contribution < -0.4 is 0 Å². The summed E-state index contributed by atoms with van der Waals surface area (Å²) in [7, 11) is 0. The first kappa shape index (κ1) is 10.4. The smallest absolute Gasteiger partial charge is 0.0673 e. The summed E-state index contributed by atoms with van der Waals surface area (Å²) in [4.78, 5) is 0. The number of ether oxygens (including phenoxy) is 1. The third kappa shape index (κ3) is 3.36. The second kappa shape index (κ2) is 4.01. The van der Waals surface area contributed by atoms with Crippen LogP contribution in [0.25, 0.3) is 0 Å². The topological polar surface area (TPSA) is 9.23 Å². The SMILES string of the molecule is CC(C)SCC1CCC(C)(C)O1. The fraction of sp³-hybridized carbons (Fsp3) is 1.00. The van der Waals surface area contributed by atoms with E-state index < -0.39 is 0 Å². The molecule has 12 heavy (non-hydrogen) atoms. The maximum atomic E-state index is 5.88. The first-order chi connectivity index (χ1) is 5.49. The van der Waals surface area contributed by atoms with Crippen LogP contribution in [0.4, 0.5) is 0 Å². The van der Waals surface area contributed by atoms with E-state index in [9.17, 15) is 0 Å². The number of rotatable bonds is 3. The fourth-order valence-electron chi connectivity index (χ4n) is 1.49. The summed E-state index contributed by atoms with van der Waals surface area (Å²) in [6, 6.07) is 0. The van der Waals surface area contributed by atoms with E-state index in [1.165, 1.54) is 18.6 Å². The molecular formula is C10H20OS. The minimum Gasteiger partial charge on any atom is -0.371 e.